The van der Waals surface area contributed by atoms with Gasteiger partial charge in [0.2, 0.25) is 5.91 Å². The van der Waals surface area contributed by atoms with Crippen LogP contribution in [0.1, 0.15) is 24.0 Å². The predicted octanol–water partition coefficient (Wildman–Crippen LogP) is 4.32. The van der Waals surface area contributed by atoms with E-state index in [2.05, 4.69) is 5.32 Å². The second-order valence-electron chi connectivity index (χ2n) is 6.37. The Morgan fingerprint density at radius 2 is 1.88 bits per heavy atom. The third-order valence-electron chi connectivity index (χ3n) is 4.51. The summed E-state index contributed by atoms with van der Waals surface area (Å²) >= 11 is 1.29. The number of nitrogens with zero attached hydrogens (tertiary/aromatic N) is 2. The Labute approximate surface area is 156 Å². The van der Waals surface area contributed by atoms with Crippen molar-refractivity contribution < 1.29 is 9.72 Å². The van der Waals surface area contributed by atoms with Crippen molar-refractivity contribution in [2.24, 2.45) is 0 Å². The number of anilines is 1. The molecule has 1 atom stereocenters. The van der Waals surface area contributed by atoms with Gasteiger partial charge in [0.15, 0.2) is 0 Å². The van der Waals surface area contributed by atoms with Crippen molar-refractivity contribution in [2.75, 3.05) is 11.9 Å². The molecule has 1 fully saturated rings. The van der Waals surface area contributed by atoms with E-state index in [1.54, 1.807) is 18.2 Å². The van der Waals surface area contributed by atoms with E-state index in [1.807, 2.05) is 36.4 Å². The molecule has 2 aromatic carbocycles. The summed E-state index contributed by atoms with van der Waals surface area (Å²) in [5.41, 5.74) is 2.96. The number of nitrogens with one attached hydrogen (secondary N) is 1. The maximum Gasteiger partial charge on any atom is 0.284 e. The Morgan fingerprint density at radius 1 is 1.19 bits per heavy atom. The zero-order chi connectivity index (χ0) is 18.7. The Hall–Kier alpha value is -2.38. The summed E-state index contributed by atoms with van der Waals surface area (Å²) < 4.78 is 1.95. The molecule has 1 aliphatic heterocycles. The number of nitro groups is 1. The minimum atomic E-state index is -0.385. The lowest BCUT2D eigenvalue weighted by Gasteiger charge is -2.23. The van der Waals surface area contributed by atoms with Gasteiger partial charge in [-0.3, -0.25) is 14.9 Å². The van der Waals surface area contributed by atoms with E-state index in [-0.39, 0.29) is 22.6 Å². The molecule has 1 heterocycles. The largest absolute Gasteiger partial charge is 0.324 e. The number of rotatable bonds is 5. The predicted molar refractivity (Wildman–Crippen MR) is 103 cm³/mol. The molecule has 6 nitrogen and oxygen atoms in total. The molecular weight excluding hydrogens is 350 g/mol. The second kappa shape index (κ2) is 7.88. The van der Waals surface area contributed by atoms with Crippen molar-refractivity contribution in [3.63, 3.8) is 0 Å². The molecule has 2 aromatic rings. The minimum absolute atomic E-state index is 0.0639. The summed E-state index contributed by atoms with van der Waals surface area (Å²) in [6.07, 6.45) is 1.63. The van der Waals surface area contributed by atoms with Crippen molar-refractivity contribution in [3.05, 3.63) is 63.7 Å². The number of benzene rings is 2. The van der Waals surface area contributed by atoms with Gasteiger partial charge in [-0.25, -0.2) is 4.31 Å². The zero-order valence-corrected chi connectivity index (χ0v) is 15.6. The Bertz CT molecular complexity index is 820. The van der Waals surface area contributed by atoms with Gasteiger partial charge >= 0.3 is 0 Å². The van der Waals surface area contributed by atoms with Crippen LogP contribution in [0.2, 0.25) is 0 Å². The van der Waals surface area contributed by atoms with Crippen LogP contribution in [0.4, 0.5) is 11.4 Å². The fourth-order valence-electron chi connectivity index (χ4n) is 3.14. The molecule has 1 amide bonds. The lowest BCUT2D eigenvalue weighted by Crippen LogP contribution is -2.36. The van der Waals surface area contributed by atoms with Crippen LogP contribution in [-0.2, 0) is 4.79 Å². The van der Waals surface area contributed by atoms with Crippen LogP contribution >= 0.6 is 11.9 Å². The molecule has 1 N–H and O–H groups in total. The Balaban J connectivity index is 1.76. The molecule has 0 aliphatic carbocycles. The first-order valence-electron chi connectivity index (χ1n) is 8.52. The van der Waals surface area contributed by atoms with Crippen LogP contribution in [-0.4, -0.2) is 27.7 Å². The van der Waals surface area contributed by atoms with Crippen molar-refractivity contribution in [1.82, 2.24) is 4.31 Å². The Kier molecular flexibility index (Phi) is 5.58. The molecule has 1 saturated heterocycles. The molecule has 3 rings (SSSR count). The third-order valence-corrected chi connectivity index (χ3v) is 5.73. The molecule has 26 heavy (non-hydrogen) atoms. The van der Waals surface area contributed by atoms with E-state index in [1.165, 1.54) is 18.0 Å². The highest BCUT2D eigenvalue weighted by Gasteiger charge is 2.33. The SMILES string of the molecule is Cc1cccc(C)c1NC(=O)[C@H]1CCCN1Sc1ccccc1[N+](=O)[O-]. The van der Waals surface area contributed by atoms with E-state index in [0.717, 1.165) is 36.2 Å². The lowest BCUT2D eigenvalue weighted by molar-refractivity contribution is -0.387. The van der Waals surface area contributed by atoms with Crippen LogP contribution in [0.5, 0.6) is 0 Å². The number of carbonyl (C=O) groups excluding carboxylic acids is 1. The number of para-hydroxylation sites is 2. The molecule has 0 aromatic heterocycles. The maximum atomic E-state index is 12.8. The van der Waals surface area contributed by atoms with Crippen LogP contribution in [0.15, 0.2) is 47.4 Å². The summed E-state index contributed by atoms with van der Waals surface area (Å²) in [6, 6.07) is 12.2. The van der Waals surface area contributed by atoms with Gasteiger partial charge in [0.1, 0.15) is 4.90 Å². The molecule has 0 bridgehead atoms. The first-order chi connectivity index (χ1) is 12.5. The van der Waals surface area contributed by atoms with Gasteiger partial charge in [-0.1, -0.05) is 30.3 Å². The zero-order valence-electron chi connectivity index (χ0n) is 14.8. The molecule has 136 valence electrons. The number of amides is 1. The smallest absolute Gasteiger partial charge is 0.284 e. The lowest BCUT2D eigenvalue weighted by atomic mass is 10.1. The first kappa shape index (κ1) is 18.4. The summed E-state index contributed by atoms with van der Waals surface area (Å²) in [6.45, 7) is 4.66. The van der Waals surface area contributed by atoms with Crippen LogP contribution in [0.3, 0.4) is 0 Å². The molecular formula is C19H21N3O3S. The van der Waals surface area contributed by atoms with Gasteiger partial charge in [0.05, 0.1) is 11.0 Å². The number of nitro benzene ring substituents is 1. The van der Waals surface area contributed by atoms with Crippen molar-refractivity contribution in [3.8, 4) is 0 Å². The fraction of sp³-hybridized carbons (Fsp3) is 0.316. The van der Waals surface area contributed by atoms with Gasteiger partial charge in [0.25, 0.3) is 5.69 Å². The van der Waals surface area contributed by atoms with Gasteiger partial charge in [-0.05, 0) is 55.8 Å². The topological polar surface area (TPSA) is 75.5 Å². The molecule has 7 heteroatoms. The van der Waals surface area contributed by atoms with Crippen LogP contribution < -0.4 is 5.32 Å². The molecule has 0 radical (unpaired) electrons. The highest BCUT2D eigenvalue weighted by Crippen LogP contribution is 2.36. The van der Waals surface area contributed by atoms with Crippen molar-refractivity contribution >= 4 is 29.2 Å². The number of carbonyl (C=O) groups is 1. The normalized spacial score (nSPS) is 17.2. The summed E-state index contributed by atoms with van der Waals surface area (Å²) in [7, 11) is 0. The van der Waals surface area contributed by atoms with E-state index < -0.39 is 0 Å². The third kappa shape index (κ3) is 3.89. The van der Waals surface area contributed by atoms with E-state index in [4.69, 9.17) is 0 Å². The highest BCUT2D eigenvalue weighted by atomic mass is 32.2. The molecule has 1 aliphatic rings. The van der Waals surface area contributed by atoms with Crippen LogP contribution in [0.25, 0.3) is 0 Å². The average molecular weight is 371 g/mol. The summed E-state index contributed by atoms with van der Waals surface area (Å²) in [4.78, 5) is 24.2. The van der Waals surface area contributed by atoms with E-state index in [0.29, 0.717) is 4.90 Å². The minimum Gasteiger partial charge on any atom is -0.324 e. The first-order valence-corrected chi connectivity index (χ1v) is 9.30. The van der Waals surface area contributed by atoms with Gasteiger partial charge in [-0.2, -0.15) is 0 Å². The second-order valence-corrected chi connectivity index (χ2v) is 7.46. The molecule has 0 spiro atoms. The average Bonchev–Trinajstić information content (AvgIpc) is 3.07. The van der Waals surface area contributed by atoms with Crippen molar-refractivity contribution in [2.45, 2.75) is 37.6 Å². The van der Waals surface area contributed by atoms with Crippen molar-refractivity contribution in [1.29, 1.82) is 0 Å². The summed E-state index contributed by atoms with van der Waals surface area (Å²) in [5, 5.41) is 14.3. The number of hydrogen-bond donors (Lipinski definition) is 1. The number of aryl methyl sites for hydroxylation is 2. The Morgan fingerprint density at radius 3 is 2.58 bits per heavy atom. The van der Waals surface area contributed by atoms with Gasteiger partial charge in [0, 0.05) is 18.3 Å². The monoisotopic (exact) mass is 371 g/mol. The van der Waals surface area contributed by atoms with E-state index >= 15 is 0 Å². The quantitative estimate of drug-likeness (QED) is 0.481. The number of hydrogen-bond acceptors (Lipinski definition) is 5. The molecule has 0 unspecified atom stereocenters. The standard InChI is InChI=1S/C19H21N3O3S/c1-13-7-5-8-14(2)18(13)20-19(23)16-10-6-12-21(16)26-17-11-4-3-9-15(17)22(24)25/h3-5,7-9,11,16H,6,10,12H2,1-2H3,(H,20,23)/t16-/m1/s1. The fourth-order valence-corrected chi connectivity index (χ4v) is 4.32. The summed E-state index contributed by atoms with van der Waals surface area (Å²) in [5.74, 6) is -0.0639. The van der Waals surface area contributed by atoms with Gasteiger partial charge < -0.3 is 5.32 Å². The molecule has 0 saturated carbocycles. The van der Waals surface area contributed by atoms with Gasteiger partial charge in [-0.15, -0.1) is 0 Å². The maximum absolute atomic E-state index is 12.8. The van der Waals surface area contributed by atoms with Crippen LogP contribution in [0, 0.1) is 24.0 Å². The highest BCUT2D eigenvalue weighted by molar-refractivity contribution is 7.97. The van der Waals surface area contributed by atoms with E-state index in [9.17, 15) is 14.9 Å².